The molecule has 0 spiro atoms. The molecule has 0 aliphatic rings. The normalized spacial score (nSPS) is 14.3. The van der Waals surface area contributed by atoms with Gasteiger partial charge in [0.1, 0.15) is 4.75 Å². The molecule has 0 bridgehead atoms. The lowest BCUT2D eigenvalue weighted by Gasteiger charge is -2.22. The van der Waals surface area contributed by atoms with Crippen molar-refractivity contribution in [3.63, 3.8) is 0 Å². The maximum atomic E-state index is 11.0. The predicted molar refractivity (Wildman–Crippen MR) is 57.0 cm³/mol. The van der Waals surface area contributed by atoms with Gasteiger partial charge in [-0.2, -0.15) is 0 Å². The molecule has 1 N–H and O–H groups in total. The van der Waals surface area contributed by atoms with Crippen LogP contribution in [0.2, 0.25) is 0 Å². The van der Waals surface area contributed by atoms with Gasteiger partial charge >= 0.3 is 11.9 Å². The number of ether oxygens (including phenoxy) is 2. The van der Waals surface area contributed by atoms with Crippen molar-refractivity contribution in [2.24, 2.45) is 0 Å². The van der Waals surface area contributed by atoms with Crippen LogP contribution in [-0.4, -0.2) is 47.9 Å². The van der Waals surface area contributed by atoms with E-state index in [1.807, 2.05) is 0 Å². The number of carbonyl (C=O) groups excluding carboxylic acids is 1. The van der Waals surface area contributed by atoms with Gasteiger partial charge in [-0.05, 0) is 13.8 Å². The van der Waals surface area contributed by atoms with Crippen LogP contribution < -0.4 is 0 Å². The van der Waals surface area contributed by atoms with E-state index in [1.165, 1.54) is 14.0 Å². The zero-order valence-corrected chi connectivity index (χ0v) is 9.93. The molecule has 0 heterocycles. The Bertz CT molecular complexity index is 231. The van der Waals surface area contributed by atoms with Crippen molar-refractivity contribution in [1.29, 1.82) is 0 Å². The summed E-state index contributed by atoms with van der Waals surface area (Å²) in [5, 5.41) is 8.95. The third kappa shape index (κ3) is 5.03. The van der Waals surface area contributed by atoms with Gasteiger partial charge in [0.05, 0.1) is 19.0 Å². The molecule has 1 atom stereocenters. The summed E-state index contributed by atoms with van der Waals surface area (Å²) >= 11 is 1.01. The second-order valence-corrected chi connectivity index (χ2v) is 4.54. The standard InChI is InChI=1S/C9H16O5S/c1-4-14-7(10)5-15-9(2,6-13-3)8(11)12/h4-6H2,1-3H3,(H,11,12). The third-order valence-corrected chi connectivity index (χ3v) is 3.00. The highest BCUT2D eigenvalue weighted by Crippen LogP contribution is 2.25. The first-order valence-corrected chi connectivity index (χ1v) is 5.46. The number of carboxylic acids is 1. The summed E-state index contributed by atoms with van der Waals surface area (Å²) in [7, 11) is 1.42. The molecule has 0 aromatic carbocycles. The number of methoxy groups -OCH3 is 1. The van der Waals surface area contributed by atoms with Gasteiger partial charge in [0.15, 0.2) is 0 Å². The number of aliphatic carboxylic acids is 1. The van der Waals surface area contributed by atoms with Gasteiger partial charge in [-0.15, -0.1) is 11.8 Å². The average molecular weight is 236 g/mol. The van der Waals surface area contributed by atoms with E-state index < -0.39 is 16.7 Å². The summed E-state index contributed by atoms with van der Waals surface area (Å²) in [6.45, 7) is 3.57. The molecule has 0 aromatic rings. The third-order valence-electron chi connectivity index (χ3n) is 1.69. The van der Waals surface area contributed by atoms with E-state index in [9.17, 15) is 9.59 Å². The molecule has 0 aromatic heterocycles. The highest BCUT2D eigenvalue weighted by molar-refractivity contribution is 8.02. The lowest BCUT2D eigenvalue weighted by molar-refractivity contribution is -0.140. The van der Waals surface area contributed by atoms with Crippen LogP contribution in [0.3, 0.4) is 0 Å². The summed E-state index contributed by atoms with van der Waals surface area (Å²) in [4.78, 5) is 22.0. The van der Waals surface area contributed by atoms with Crippen molar-refractivity contribution < 1.29 is 24.2 Å². The van der Waals surface area contributed by atoms with Gasteiger partial charge < -0.3 is 14.6 Å². The zero-order chi connectivity index (χ0) is 11.9. The summed E-state index contributed by atoms with van der Waals surface area (Å²) in [5.41, 5.74) is 0. The topological polar surface area (TPSA) is 72.8 Å². The van der Waals surface area contributed by atoms with E-state index in [1.54, 1.807) is 6.92 Å². The van der Waals surface area contributed by atoms with Crippen molar-refractivity contribution in [3.8, 4) is 0 Å². The Morgan fingerprint density at radius 3 is 2.47 bits per heavy atom. The van der Waals surface area contributed by atoms with E-state index in [0.29, 0.717) is 6.61 Å². The molecule has 1 unspecified atom stereocenters. The van der Waals surface area contributed by atoms with Crippen molar-refractivity contribution >= 4 is 23.7 Å². The van der Waals surface area contributed by atoms with Crippen LogP contribution in [0.4, 0.5) is 0 Å². The number of esters is 1. The maximum Gasteiger partial charge on any atom is 0.321 e. The SMILES string of the molecule is CCOC(=O)CSC(C)(COC)C(=O)O. The van der Waals surface area contributed by atoms with Crippen molar-refractivity contribution in [3.05, 3.63) is 0 Å². The van der Waals surface area contributed by atoms with Crippen LogP contribution in [0, 0.1) is 0 Å². The van der Waals surface area contributed by atoms with E-state index in [-0.39, 0.29) is 12.4 Å². The Morgan fingerprint density at radius 1 is 1.47 bits per heavy atom. The molecule has 5 nitrogen and oxygen atoms in total. The fraction of sp³-hybridized carbons (Fsp3) is 0.778. The quantitative estimate of drug-likeness (QED) is 0.658. The largest absolute Gasteiger partial charge is 0.480 e. The molecule has 0 saturated carbocycles. The Labute approximate surface area is 93.1 Å². The van der Waals surface area contributed by atoms with Gasteiger partial charge in [0.25, 0.3) is 0 Å². The summed E-state index contributed by atoms with van der Waals surface area (Å²) in [6, 6.07) is 0. The van der Waals surface area contributed by atoms with Crippen LogP contribution in [0.5, 0.6) is 0 Å². The van der Waals surface area contributed by atoms with Crippen LogP contribution in [0.25, 0.3) is 0 Å². The van der Waals surface area contributed by atoms with Gasteiger partial charge in [-0.1, -0.05) is 0 Å². The second kappa shape index (κ2) is 6.68. The zero-order valence-electron chi connectivity index (χ0n) is 9.11. The number of hydrogen-bond acceptors (Lipinski definition) is 5. The Balaban J connectivity index is 4.18. The van der Waals surface area contributed by atoms with Crippen LogP contribution in [-0.2, 0) is 19.1 Å². The molecule has 0 amide bonds. The fourth-order valence-corrected chi connectivity index (χ4v) is 1.71. The monoisotopic (exact) mass is 236 g/mol. The van der Waals surface area contributed by atoms with Gasteiger partial charge in [0, 0.05) is 7.11 Å². The first-order valence-electron chi connectivity index (χ1n) is 4.48. The molecule has 0 rings (SSSR count). The fourth-order valence-electron chi connectivity index (χ4n) is 0.861. The van der Waals surface area contributed by atoms with E-state index >= 15 is 0 Å². The molecule has 0 aliphatic carbocycles. The predicted octanol–water partition coefficient (Wildman–Crippen LogP) is 0.772. The summed E-state index contributed by atoms with van der Waals surface area (Å²) in [5.74, 6) is -1.40. The number of carboxylic acid groups (broad SMARTS) is 1. The lowest BCUT2D eigenvalue weighted by atomic mass is 10.2. The van der Waals surface area contributed by atoms with Crippen LogP contribution in [0.1, 0.15) is 13.8 Å². The highest BCUT2D eigenvalue weighted by Gasteiger charge is 2.34. The first-order chi connectivity index (χ1) is 6.96. The minimum Gasteiger partial charge on any atom is -0.480 e. The number of thioether (sulfide) groups is 1. The van der Waals surface area contributed by atoms with E-state index in [4.69, 9.17) is 14.6 Å². The summed E-state index contributed by atoms with van der Waals surface area (Å²) < 4.78 is 8.40. The Hall–Kier alpha value is -0.750. The molecule has 0 saturated heterocycles. The van der Waals surface area contributed by atoms with Crippen LogP contribution >= 0.6 is 11.8 Å². The minimum absolute atomic E-state index is 0.0139. The smallest absolute Gasteiger partial charge is 0.321 e. The molecule has 0 fully saturated rings. The number of rotatable bonds is 7. The summed E-state index contributed by atoms with van der Waals surface area (Å²) in [6.07, 6.45) is 0. The Kier molecular flexibility index (Phi) is 6.35. The molecular weight excluding hydrogens is 220 g/mol. The van der Waals surface area contributed by atoms with Crippen molar-refractivity contribution in [1.82, 2.24) is 0 Å². The van der Waals surface area contributed by atoms with E-state index in [0.717, 1.165) is 11.8 Å². The van der Waals surface area contributed by atoms with Gasteiger partial charge in [0.2, 0.25) is 0 Å². The number of carbonyl (C=O) groups is 2. The maximum absolute atomic E-state index is 11.0. The van der Waals surface area contributed by atoms with Crippen molar-refractivity contribution in [2.45, 2.75) is 18.6 Å². The molecule has 0 radical (unpaired) electrons. The number of hydrogen-bond donors (Lipinski definition) is 1. The minimum atomic E-state index is -1.11. The van der Waals surface area contributed by atoms with Crippen LogP contribution in [0.15, 0.2) is 0 Å². The van der Waals surface area contributed by atoms with Gasteiger partial charge in [-0.25, -0.2) is 0 Å². The highest BCUT2D eigenvalue weighted by atomic mass is 32.2. The molecular formula is C9H16O5S. The van der Waals surface area contributed by atoms with Crippen molar-refractivity contribution in [2.75, 3.05) is 26.1 Å². The first kappa shape index (κ1) is 14.2. The second-order valence-electron chi connectivity index (χ2n) is 3.06. The van der Waals surface area contributed by atoms with Gasteiger partial charge in [-0.3, -0.25) is 9.59 Å². The van der Waals surface area contributed by atoms with E-state index in [2.05, 4.69) is 0 Å². The molecule has 0 aliphatic heterocycles. The molecule has 15 heavy (non-hydrogen) atoms. The Morgan fingerprint density at radius 2 is 2.07 bits per heavy atom. The lowest BCUT2D eigenvalue weighted by Crippen LogP contribution is -2.37. The molecule has 88 valence electrons. The molecule has 6 heteroatoms. The average Bonchev–Trinajstić information content (AvgIpc) is 2.15.